The fourth-order valence-corrected chi connectivity index (χ4v) is 3.19. The molecule has 2 N–H and O–H groups in total. The van der Waals surface area contributed by atoms with Crippen molar-refractivity contribution >= 4 is 5.91 Å². The minimum absolute atomic E-state index is 0.126. The Bertz CT molecular complexity index is 530. The molecule has 1 aliphatic heterocycles. The minimum Gasteiger partial charge on any atom is -0.332 e. The summed E-state index contributed by atoms with van der Waals surface area (Å²) in [7, 11) is 0. The molecule has 0 spiro atoms. The highest BCUT2D eigenvalue weighted by Crippen LogP contribution is 2.50. The Hall–Kier alpha value is -1.35. The summed E-state index contributed by atoms with van der Waals surface area (Å²) in [4.78, 5) is 14.3. The number of carbonyl (C=O) groups is 1. The topological polar surface area (TPSA) is 46.3 Å². The van der Waals surface area contributed by atoms with Crippen LogP contribution in [0.25, 0.3) is 0 Å². The minimum atomic E-state index is 0.126. The van der Waals surface area contributed by atoms with Crippen LogP contribution in [0.4, 0.5) is 0 Å². The molecule has 1 atom stereocenters. The predicted octanol–water partition coefficient (Wildman–Crippen LogP) is 2.43. The molecule has 1 heterocycles. The number of rotatable bonds is 3. The molecule has 0 aromatic heterocycles. The molecule has 1 saturated carbocycles. The van der Waals surface area contributed by atoms with E-state index in [0.29, 0.717) is 0 Å². The number of carbonyl (C=O) groups excluding carboxylic acids is 1. The van der Waals surface area contributed by atoms with Gasteiger partial charge in [-0.25, -0.2) is 0 Å². The van der Waals surface area contributed by atoms with Crippen LogP contribution in [0.2, 0.25) is 0 Å². The molecule has 1 fully saturated rings. The van der Waals surface area contributed by atoms with Crippen LogP contribution in [-0.2, 0) is 12.0 Å². The van der Waals surface area contributed by atoms with Crippen molar-refractivity contribution in [1.82, 2.24) is 4.90 Å². The predicted molar refractivity (Wildman–Crippen MR) is 76.0 cm³/mol. The molecule has 3 rings (SSSR count). The van der Waals surface area contributed by atoms with E-state index in [1.807, 2.05) is 4.90 Å². The molecule has 2 aliphatic rings. The lowest BCUT2D eigenvalue weighted by atomic mass is 9.88. The molecule has 3 nitrogen and oxygen atoms in total. The van der Waals surface area contributed by atoms with Crippen molar-refractivity contribution in [3.8, 4) is 0 Å². The van der Waals surface area contributed by atoms with Crippen molar-refractivity contribution in [3.63, 3.8) is 0 Å². The molecule has 1 aromatic carbocycles. The summed E-state index contributed by atoms with van der Waals surface area (Å²) in [5.41, 5.74) is 9.54. The molecular formula is C16H22N2O. The SMILES string of the molecule is CC(C)N1Cc2ccc(C3(C(C)N)CC3)cc2C1=O. The van der Waals surface area contributed by atoms with Gasteiger partial charge in [0.2, 0.25) is 0 Å². The third kappa shape index (κ3) is 1.79. The second kappa shape index (κ2) is 4.07. The molecule has 1 unspecified atom stereocenters. The van der Waals surface area contributed by atoms with Gasteiger partial charge in [0.15, 0.2) is 0 Å². The van der Waals surface area contributed by atoms with Crippen LogP contribution < -0.4 is 5.73 Å². The van der Waals surface area contributed by atoms with Gasteiger partial charge in [-0.2, -0.15) is 0 Å². The maximum atomic E-state index is 12.4. The van der Waals surface area contributed by atoms with Gasteiger partial charge in [0, 0.05) is 29.6 Å². The summed E-state index contributed by atoms with van der Waals surface area (Å²) in [6.45, 7) is 6.95. The zero-order valence-electron chi connectivity index (χ0n) is 11.9. The number of hydrogen-bond donors (Lipinski definition) is 1. The van der Waals surface area contributed by atoms with Crippen LogP contribution in [0, 0.1) is 0 Å². The number of hydrogen-bond acceptors (Lipinski definition) is 2. The van der Waals surface area contributed by atoms with E-state index in [1.54, 1.807) is 0 Å². The Kier molecular flexibility index (Phi) is 2.72. The van der Waals surface area contributed by atoms with E-state index in [4.69, 9.17) is 5.73 Å². The van der Waals surface area contributed by atoms with Gasteiger partial charge < -0.3 is 10.6 Å². The zero-order valence-corrected chi connectivity index (χ0v) is 11.9. The lowest BCUT2D eigenvalue weighted by Crippen LogP contribution is -2.32. The summed E-state index contributed by atoms with van der Waals surface area (Å²) in [5.74, 6) is 0.173. The lowest BCUT2D eigenvalue weighted by molar-refractivity contribution is 0.0730. The molecule has 3 heteroatoms. The quantitative estimate of drug-likeness (QED) is 0.905. The molecule has 0 radical (unpaired) electrons. The first kappa shape index (κ1) is 12.7. The van der Waals surface area contributed by atoms with Crippen molar-refractivity contribution in [2.75, 3.05) is 0 Å². The first-order valence-corrected chi connectivity index (χ1v) is 7.15. The van der Waals surface area contributed by atoms with Gasteiger partial charge in [0.1, 0.15) is 0 Å². The Morgan fingerprint density at radius 1 is 1.26 bits per heavy atom. The number of nitrogens with two attached hydrogens (primary N) is 1. The van der Waals surface area contributed by atoms with E-state index in [1.165, 1.54) is 5.56 Å². The third-order valence-corrected chi connectivity index (χ3v) is 4.80. The highest BCUT2D eigenvalue weighted by Gasteiger charge is 2.48. The van der Waals surface area contributed by atoms with E-state index in [-0.39, 0.29) is 23.4 Å². The maximum Gasteiger partial charge on any atom is 0.254 e. The number of benzene rings is 1. The van der Waals surface area contributed by atoms with Gasteiger partial charge in [-0.05, 0) is 50.8 Å². The Balaban J connectivity index is 1.97. The van der Waals surface area contributed by atoms with Gasteiger partial charge in [0.25, 0.3) is 5.91 Å². The van der Waals surface area contributed by atoms with E-state index >= 15 is 0 Å². The molecule has 1 aromatic rings. The summed E-state index contributed by atoms with van der Waals surface area (Å²) in [6, 6.07) is 6.80. The van der Waals surface area contributed by atoms with Crippen molar-refractivity contribution in [1.29, 1.82) is 0 Å². The van der Waals surface area contributed by atoms with E-state index < -0.39 is 0 Å². The van der Waals surface area contributed by atoms with Gasteiger partial charge in [-0.1, -0.05) is 12.1 Å². The number of amides is 1. The molecule has 102 valence electrons. The first-order valence-electron chi connectivity index (χ1n) is 7.15. The van der Waals surface area contributed by atoms with Crippen LogP contribution >= 0.6 is 0 Å². The number of nitrogens with zero attached hydrogens (tertiary/aromatic N) is 1. The third-order valence-electron chi connectivity index (χ3n) is 4.80. The largest absolute Gasteiger partial charge is 0.332 e. The van der Waals surface area contributed by atoms with E-state index in [2.05, 4.69) is 39.0 Å². The molecule has 1 amide bonds. The molecular weight excluding hydrogens is 236 g/mol. The summed E-state index contributed by atoms with van der Waals surface area (Å²) in [6.07, 6.45) is 2.29. The van der Waals surface area contributed by atoms with Crippen LogP contribution in [0.15, 0.2) is 18.2 Å². The Labute approximate surface area is 114 Å². The summed E-state index contributed by atoms with van der Waals surface area (Å²) < 4.78 is 0. The van der Waals surface area contributed by atoms with Crippen molar-refractivity contribution < 1.29 is 4.79 Å². The first-order chi connectivity index (χ1) is 8.95. The van der Waals surface area contributed by atoms with Crippen molar-refractivity contribution in [3.05, 3.63) is 34.9 Å². The van der Waals surface area contributed by atoms with Gasteiger partial charge in [-0.15, -0.1) is 0 Å². The molecule has 0 bridgehead atoms. The van der Waals surface area contributed by atoms with Gasteiger partial charge in [0.05, 0.1) is 0 Å². The standard InChI is InChI=1S/C16H22N2O/c1-10(2)18-9-12-4-5-13(8-14(12)15(18)19)16(6-7-16)11(3)17/h4-5,8,10-11H,6-7,9,17H2,1-3H3. The summed E-state index contributed by atoms with van der Waals surface area (Å²) in [5, 5.41) is 0. The normalized spacial score (nSPS) is 21.7. The van der Waals surface area contributed by atoms with Gasteiger partial charge >= 0.3 is 0 Å². The second-order valence-corrected chi connectivity index (χ2v) is 6.34. The monoisotopic (exact) mass is 258 g/mol. The van der Waals surface area contributed by atoms with Crippen LogP contribution in [0.1, 0.15) is 55.1 Å². The lowest BCUT2D eigenvalue weighted by Gasteiger charge is -2.21. The smallest absolute Gasteiger partial charge is 0.254 e. The van der Waals surface area contributed by atoms with Crippen LogP contribution in [0.5, 0.6) is 0 Å². The second-order valence-electron chi connectivity index (χ2n) is 6.34. The highest BCUT2D eigenvalue weighted by molar-refractivity contribution is 5.98. The average molecular weight is 258 g/mol. The van der Waals surface area contributed by atoms with Crippen LogP contribution in [0.3, 0.4) is 0 Å². The average Bonchev–Trinajstić information content (AvgIpc) is 3.10. The fraction of sp³-hybridized carbons (Fsp3) is 0.562. The van der Waals surface area contributed by atoms with E-state index in [9.17, 15) is 4.79 Å². The summed E-state index contributed by atoms with van der Waals surface area (Å²) >= 11 is 0. The van der Waals surface area contributed by atoms with Crippen molar-refractivity contribution in [2.24, 2.45) is 5.73 Å². The molecule has 0 saturated heterocycles. The Morgan fingerprint density at radius 3 is 2.47 bits per heavy atom. The van der Waals surface area contributed by atoms with E-state index in [0.717, 1.165) is 30.5 Å². The zero-order chi connectivity index (χ0) is 13.8. The molecule has 19 heavy (non-hydrogen) atoms. The highest BCUT2D eigenvalue weighted by atomic mass is 16.2. The van der Waals surface area contributed by atoms with Crippen LogP contribution in [-0.4, -0.2) is 22.9 Å². The maximum absolute atomic E-state index is 12.4. The van der Waals surface area contributed by atoms with Crippen molar-refractivity contribution in [2.45, 2.75) is 57.7 Å². The molecule has 1 aliphatic carbocycles. The number of fused-ring (bicyclic) bond motifs is 1. The van der Waals surface area contributed by atoms with Gasteiger partial charge in [-0.3, -0.25) is 4.79 Å². The Morgan fingerprint density at radius 2 is 1.95 bits per heavy atom. The fourth-order valence-electron chi connectivity index (χ4n) is 3.19.